The molecule has 0 spiro atoms. The Morgan fingerprint density at radius 1 is 1.18 bits per heavy atom. The number of hydrogen-bond acceptors (Lipinski definition) is 3. The number of carbonyl (C=O) groups is 1. The summed E-state index contributed by atoms with van der Waals surface area (Å²) in [6, 6.07) is 0. The standard InChI is InChI=1S/C14H28N2O/c1-6-12(2)13(17)11-15-7-9-16(10-8-15)14(3,4)5/h12H,6-11H2,1-5H3. The van der Waals surface area contributed by atoms with E-state index in [0.29, 0.717) is 12.3 Å². The maximum absolute atomic E-state index is 11.9. The van der Waals surface area contributed by atoms with Crippen LogP contribution >= 0.6 is 0 Å². The first-order chi connectivity index (χ1) is 7.84. The van der Waals surface area contributed by atoms with Crippen LogP contribution in [0.5, 0.6) is 0 Å². The second kappa shape index (κ2) is 5.96. The lowest BCUT2D eigenvalue weighted by Crippen LogP contribution is -2.54. The van der Waals surface area contributed by atoms with Gasteiger partial charge >= 0.3 is 0 Å². The summed E-state index contributed by atoms with van der Waals surface area (Å²) >= 11 is 0. The van der Waals surface area contributed by atoms with E-state index in [1.165, 1.54) is 0 Å². The molecule has 1 rings (SSSR count). The Balaban J connectivity index is 2.35. The van der Waals surface area contributed by atoms with Gasteiger partial charge < -0.3 is 0 Å². The van der Waals surface area contributed by atoms with Crippen molar-refractivity contribution in [3.8, 4) is 0 Å². The van der Waals surface area contributed by atoms with Gasteiger partial charge in [-0.15, -0.1) is 0 Å². The second-order valence-electron chi connectivity index (χ2n) is 6.21. The van der Waals surface area contributed by atoms with Crippen LogP contribution in [0.2, 0.25) is 0 Å². The number of hydrogen-bond donors (Lipinski definition) is 0. The third kappa shape index (κ3) is 4.40. The van der Waals surface area contributed by atoms with E-state index in [9.17, 15) is 4.79 Å². The summed E-state index contributed by atoms with van der Waals surface area (Å²) in [5, 5.41) is 0. The van der Waals surface area contributed by atoms with Crippen LogP contribution in [0.3, 0.4) is 0 Å². The molecule has 0 saturated carbocycles. The molecule has 0 amide bonds. The molecular weight excluding hydrogens is 212 g/mol. The van der Waals surface area contributed by atoms with Crippen molar-refractivity contribution in [3.63, 3.8) is 0 Å². The van der Waals surface area contributed by atoms with Crippen LogP contribution in [0, 0.1) is 5.92 Å². The van der Waals surface area contributed by atoms with Crippen molar-refractivity contribution >= 4 is 5.78 Å². The van der Waals surface area contributed by atoms with Gasteiger partial charge in [-0.2, -0.15) is 0 Å². The number of carbonyl (C=O) groups excluding carboxylic acids is 1. The average Bonchev–Trinajstić information content (AvgIpc) is 2.27. The van der Waals surface area contributed by atoms with Gasteiger partial charge in [0.05, 0.1) is 6.54 Å². The minimum absolute atomic E-state index is 0.218. The fourth-order valence-corrected chi connectivity index (χ4v) is 2.18. The van der Waals surface area contributed by atoms with Gasteiger partial charge in [0.2, 0.25) is 0 Å². The molecule has 1 unspecified atom stereocenters. The van der Waals surface area contributed by atoms with Crippen molar-refractivity contribution in [1.82, 2.24) is 9.80 Å². The molecule has 0 N–H and O–H groups in total. The van der Waals surface area contributed by atoms with Crippen LogP contribution < -0.4 is 0 Å². The Labute approximate surface area is 106 Å². The normalized spacial score (nSPS) is 21.5. The van der Waals surface area contributed by atoms with Crippen LogP contribution in [0.4, 0.5) is 0 Å². The molecule has 1 atom stereocenters. The number of Topliss-reactive ketones (excluding diaryl/α,β-unsaturated/α-hetero) is 1. The number of ketones is 1. The van der Waals surface area contributed by atoms with Gasteiger partial charge in [-0.1, -0.05) is 13.8 Å². The summed E-state index contributed by atoms with van der Waals surface area (Å²) in [5.74, 6) is 0.618. The second-order valence-corrected chi connectivity index (χ2v) is 6.21. The third-order valence-electron chi connectivity index (χ3n) is 3.86. The molecule has 0 aliphatic carbocycles. The van der Waals surface area contributed by atoms with Crippen LogP contribution in [0.25, 0.3) is 0 Å². The van der Waals surface area contributed by atoms with Crippen LogP contribution in [-0.2, 0) is 4.79 Å². The highest BCUT2D eigenvalue weighted by Gasteiger charge is 2.26. The maximum Gasteiger partial charge on any atom is 0.149 e. The highest BCUT2D eigenvalue weighted by molar-refractivity contribution is 5.82. The zero-order chi connectivity index (χ0) is 13.1. The maximum atomic E-state index is 11.9. The molecule has 17 heavy (non-hydrogen) atoms. The predicted molar refractivity (Wildman–Crippen MR) is 72.2 cm³/mol. The van der Waals surface area contributed by atoms with Gasteiger partial charge in [0.15, 0.2) is 0 Å². The molecule has 0 bridgehead atoms. The summed E-state index contributed by atoms with van der Waals surface area (Å²) in [7, 11) is 0. The molecular formula is C14H28N2O. The highest BCUT2D eigenvalue weighted by Crippen LogP contribution is 2.16. The minimum atomic E-state index is 0.218. The predicted octanol–water partition coefficient (Wildman–Crippen LogP) is 2.02. The summed E-state index contributed by atoms with van der Waals surface area (Å²) in [4.78, 5) is 16.7. The number of nitrogens with zero attached hydrogens (tertiary/aromatic N) is 2. The summed E-state index contributed by atoms with van der Waals surface area (Å²) in [6.07, 6.45) is 0.959. The molecule has 3 nitrogen and oxygen atoms in total. The Morgan fingerprint density at radius 3 is 2.12 bits per heavy atom. The molecule has 1 saturated heterocycles. The highest BCUT2D eigenvalue weighted by atomic mass is 16.1. The van der Waals surface area contributed by atoms with Crippen molar-refractivity contribution in [2.24, 2.45) is 5.92 Å². The molecule has 3 heteroatoms. The third-order valence-corrected chi connectivity index (χ3v) is 3.86. The van der Waals surface area contributed by atoms with Gasteiger partial charge in [-0.3, -0.25) is 14.6 Å². The van der Waals surface area contributed by atoms with Gasteiger partial charge in [-0.25, -0.2) is 0 Å². The van der Waals surface area contributed by atoms with Gasteiger partial charge in [-0.05, 0) is 27.2 Å². The fraction of sp³-hybridized carbons (Fsp3) is 0.929. The van der Waals surface area contributed by atoms with Gasteiger partial charge in [0, 0.05) is 37.6 Å². The van der Waals surface area contributed by atoms with E-state index in [4.69, 9.17) is 0 Å². The lowest BCUT2D eigenvalue weighted by Gasteiger charge is -2.42. The number of rotatable bonds is 4. The molecule has 0 aromatic rings. The Morgan fingerprint density at radius 2 is 1.71 bits per heavy atom. The smallest absolute Gasteiger partial charge is 0.149 e. The first-order valence-electron chi connectivity index (χ1n) is 6.84. The van der Waals surface area contributed by atoms with Crippen molar-refractivity contribution in [2.75, 3.05) is 32.7 Å². The van der Waals surface area contributed by atoms with E-state index in [2.05, 4.69) is 37.5 Å². The van der Waals surface area contributed by atoms with Gasteiger partial charge in [0.1, 0.15) is 5.78 Å². The lowest BCUT2D eigenvalue weighted by atomic mass is 10.0. The molecule has 0 aromatic heterocycles. The van der Waals surface area contributed by atoms with Crippen molar-refractivity contribution in [3.05, 3.63) is 0 Å². The Hall–Kier alpha value is -0.410. The fourth-order valence-electron chi connectivity index (χ4n) is 2.18. The molecule has 1 heterocycles. The Kier molecular flexibility index (Phi) is 5.14. The van der Waals surface area contributed by atoms with E-state index >= 15 is 0 Å². The Bertz CT molecular complexity index is 249. The first-order valence-corrected chi connectivity index (χ1v) is 6.84. The molecule has 1 aliphatic rings. The summed E-state index contributed by atoms with van der Waals surface area (Å²) < 4.78 is 0. The monoisotopic (exact) mass is 240 g/mol. The van der Waals surface area contributed by atoms with E-state index in [1.54, 1.807) is 0 Å². The SMILES string of the molecule is CCC(C)C(=O)CN1CCN(C(C)(C)C)CC1. The summed E-state index contributed by atoms with van der Waals surface area (Å²) in [6.45, 7) is 15.8. The van der Waals surface area contributed by atoms with Crippen LogP contribution in [0.15, 0.2) is 0 Å². The minimum Gasteiger partial charge on any atom is -0.298 e. The topological polar surface area (TPSA) is 23.6 Å². The molecule has 1 aliphatic heterocycles. The van der Waals surface area contributed by atoms with Crippen molar-refractivity contribution in [2.45, 2.75) is 46.6 Å². The largest absolute Gasteiger partial charge is 0.298 e. The van der Waals surface area contributed by atoms with E-state index in [0.717, 1.165) is 32.6 Å². The van der Waals surface area contributed by atoms with E-state index < -0.39 is 0 Å². The number of piperazine rings is 1. The van der Waals surface area contributed by atoms with Crippen LogP contribution in [0.1, 0.15) is 41.0 Å². The summed E-state index contributed by atoms with van der Waals surface area (Å²) in [5.41, 5.74) is 0.257. The molecule has 0 aromatic carbocycles. The van der Waals surface area contributed by atoms with E-state index in [1.807, 2.05) is 6.92 Å². The average molecular weight is 240 g/mol. The van der Waals surface area contributed by atoms with E-state index in [-0.39, 0.29) is 11.5 Å². The van der Waals surface area contributed by atoms with Crippen molar-refractivity contribution < 1.29 is 4.79 Å². The first kappa shape index (κ1) is 14.7. The lowest BCUT2D eigenvalue weighted by molar-refractivity contribution is -0.124. The molecule has 100 valence electrons. The quantitative estimate of drug-likeness (QED) is 0.751. The molecule has 1 fully saturated rings. The van der Waals surface area contributed by atoms with Gasteiger partial charge in [0.25, 0.3) is 0 Å². The zero-order valence-electron chi connectivity index (χ0n) is 12.1. The molecule has 0 radical (unpaired) electrons. The van der Waals surface area contributed by atoms with Crippen LogP contribution in [-0.4, -0.2) is 53.8 Å². The zero-order valence-corrected chi connectivity index (χ0v) is 12.1. The van der Waals surface area contributed by atoms with Crippen molar-refractivity contribution in [1.29, 1.82) is 0 Å².